The van der Waals surface area contributed by atoms with E-state index in [2.05, 4.69) is 10.6 Å². The van der Waals surface area contributed by atoms with Crippen LogP contribution in [-0.4, -0.2) is 23.4 Å². The van der Waals surface area contributed by atoms with Crippen LogP contribution < -0.4 is 10.6 Å². The number of alkyl halides is 3. The van der Waals surface area contributed by atoms with Crippen LogP contribution in [0.5, 0.6) is 0 Å². The molecule has 2 amide bonds. The predicted molar refractivity (Wildman–Crippen MR) is 81.0 cm³/mol. The van der Waals surface area contributed by atoms with E-state index >= 15 is 0 Å². The van der Waals surface area contributed by atoms with Crippen LogP contribution >= 0.6 is 0 Å². The molecule has 1 aromatic carbocycles. The highest BCUT2D eigenvalue weighted by atomic mass is 19.4. The van der Waals surface area contributed by atoms with Gasteiger partial charge in [0.25, 0.3) is 0 Å². The van der Waals surface area contributed by atoms with E-state index in [4.69, 9.17) is 0 Å². The van der Waals surface area contributed by atoms with E-state index in [1.54, 1.807) is 0 Å². The third kappa shape index (κ3) is 3.25. The van der Waals surface area contributed by atoms with Crippen LogP contribution in [-0.2, 0) is 22.2 Å². The van der Waals surface area contributed by atoms with E-state index in [0.717, 1.165) is 25.3 Å². The second kappa shape index (κ2) is 6.11. The van der Waals surface area contributed by atoms with Crippen LogP contribution in [0, 0.1) is 0 Å². The summed E-state index contributed by atoms with van der Waals surface area (Å²) >= 11 is 0. The number of hydrogen-bond donors (Lipinski definition) is 2. The molecule has 1 heterocycles. The number of nitrogens with one attached hydrogen (secondary N) is 2. The van der Waals surface area contributed by atoms with Gasteiger partial charge in [0, 0.05) is 6.42 Å². The zero-order valence-corrected chi connectivity index (χ0v) is 13.1. The van der Waals surface area contributed by atoms with Gasteiger partial charge in [-0.3, -0.25) is 9.59 Å². The summed E-state index contributed by atoms with van der Waals surface area (Å²) in [6.45, 7) is 0. The fraction of sp³-hybridized carbons (Fsp3) is 0.529. The molecule has 1 saturated heterocycles. The van der Waals surface area contributed by atoms with Crippen LogP contribution in [0.1, 0.15) is 43.2 Å². The van der Waals surface area contributed by atoms with E-state index in [1.807, 2.05) is 0 Å². The molecular weight excluding hydrogens is 321 g/mol. The monoisotopic (exact) mass is 340 g/mol. The Bertz CT molecular complexity index is 653. The highest BCUT2D eigenvalue weighted by Crippen LogP contribution is 2.39. The topological polar surface area (TPSA) is 58.2 Å². The van der Waals surface area contributed by atoms with Crippen LogP contribution in [0.2, 0.25) is 0 Å². The van der Waals surface area contributed by atoms with E-state index in [0.29, 0.717) is 12.8 Å². The molecule has 4 nitrogen and oxygen atoms in total. The Labute approximate surface area is 137 Å². The van der Waals surface area contributed by atoms with Crippen molar-refractivity contribution in [3.63, 3.8) is 0 Å². The Morgan fingerprint density at radius 2 is 2.00 bits per heavy atom. The molecule has 0 radical (unpaired) electrons. The molecule has 1 spiro atoms. The number of amides is 2. The van der Waals surface area contributed by atoms with E-state index in [-0.39, 0.29) is 23.9 Å². The number of rotatable bonds is 3. The van der Waals surface area contributed by atoms with Gasteiger partial charge in [-0.05, 0) is 37.3 Å². The molecule has 1 saturated carbocycles. The Kier molecular flexibility index (Phi) is 4.27. The van der Waals surface area contributed by atoms with Gasteiger partial charge in [-0.15, -0.1) is 0 Å². The fourth-order valence-corrected chi connectivity index (χ4v) is 3.59. The molecule has 1 aliphatic heterocycles. The predicted octanol–water partition coefficient (Wildman–Crippen LogP) is 2.57. The summed E-state index contributed by atoms with van der Waals surface area (Å²) in [6.07, 6.45) is -1.39. The lowest BCUT2D eigenvalue weighted by Crippen LogP contribution is -2.68. The maximum Gasteiger partial charge on any atom is 0.416 e. The molecule has 130 valence electrons. The largest absolute Gasteiger partial charge is 0.416 e. The Hall–Kier alpha value is -2.05. The first-order chi connectivity index (χ1) is 11.3. The molecule has 3 rings (SSSR count). The van der Waals surface area contributed by atoms with Crippen molar-refractivity contribution in [2.45, 2.75) is 56.3 Å². The second-order valence-corrected chi connectivity index (χ2v) is 6.55. The van der Waals surface area contributed by atoms with Crippen LogP contribution in [0.15, 0.2) is 24.3 Å². The minimum atomic E-state index is -4.48. The highest BCUT2D eigenvalue weighted by molar-refractivity contribution is 5.81. The van der Waals surface area contributed by atoms with Crippen molar-refractivity contribution >= 4 is 11.8 Å². The molecule has 0 aromatic heterocycles. The summed E-state index contributed by atoms with van der Waals surface area (Å²) in [5.41, 5.74) is -1.23. The van der Waals surface area contributed by atoms with Crippen molar-refractivity contribution in [2.24, 2.45) is 0 Å². The van der Waals surface area contributed by atoms with Gasteiger partial charge in [0.15, 0.2) is 0 Å². The minimum Gasteiger partial charge on any atom is -0.351 e. The molecule has 7 heteroatoms. The van der Waals surface area contributed by atoms with Gasteiger partial charge >= 0.3 is 6.18 Å². The molecule has 1 aliphatic carbocycles. The maximum absolute atomic E-state index is 13.0. The summed E-state index contributed by atoms with van der Waals surface area (Å²) in [6, 6.07) is 4.90. The number of carbonyl (C=O) groups excluding carboxylic acids is 2. The summed E-state index contributed by atoms with van der Waals surface area (Å²) in [5.74, 6) is -0.471. The molecule has 24 heavy (non-hydrogen) atoms. The Morgan fingerprint density at radius 3 is 2.62 bits per heavy atom. The van der Waals surface area contributed by atoms with E-state index in [9.17, 15) is 22.8 Å². The van der Waals surface area contributed by atoms with Crippen molar-refractivity contribution in [1.29, 1.82) is 0 Å². The summed E-state index contributed by atoms with van der Waals surface area (Å²) in [4.78, 5) is 23.9. The number of hydrogen-bond acceptors (Lipinski definition) is 2. The van der Waals surface area contributed by atoms with Gasteiger partial charge in [-0.2, -0.15) is 13.2 Å². The smallest absolute Gasteiger partial charge is 0.351 e. The number of benzene rings is 1. The van der Waals surface area contributed by atoms with Crippen LogP contribution in [0.25, 0.3) is 0 Å². The Balaban J connectivity index is 1.69. The third-order valence-electron chi connectivity index (χ3n) is 4.97. The zero-order valence-electron chi connectivity index (χ0n) is 13.1. The van der Waals surface area contributed by atoms with Crippen molar-refractivity contribution in [1.82, 2.24) is 10.6 Å². The lowest BCUT2D eigenvalue weighted by atomic mass is 9.68. The van der Waals surface area contributed by atoms with Gasteiger partial charge in [0.1, 0.15) is 0 Å². The van der Waals surface area contributed by atoms with E-state index in [1.165, 1.54) is 18.2 Å². The van der Waals surface area contributed by atoms with Gasteiger partial charge < -0.3 is 10.6 Å². The highest BCUT2D eigenvalue weighted by Gasteiger charge is 2.48. The molecule has 0 bridgehead atoms. The lowest BCUT2D eigenvalue weighted by Gasteiger charge is -2.51. The number of halogens is 3. The first kappa shape index (κ1) is 16.8. The molecule has 1 atom stereocenters. The fourth-order valence-electron chi connectivity index (χ4n) is 3.59. The average Bonchev–Trinajstić information content (AvgIpc) is 2.47. The van der Waals surface area contributed by atoms with Gasteiger partial charge in [-0.1, -0.05) is 18.2 Å². The first-order valence-electron chi connectivity index (χ1n) is 8.06. The van der Waals surface area contributed by atoms with Crippen LogP contribution in [0.3, 0.4) is 0 Å². The van der Waals surface area contributed by atoms with Gasteiger partial charge in [0.2, 0.25) is 11.8 Å². The third-order valence-corrected chi connectivity index (χ3v) is 4.97. The normalized spacial score (nSPS) is 22.6. The van der Waals surface area contributed by atoms with Crippen molar-refractivity contribution in [3.8, 4) is 0 Å². The summed E-state index contributed by atoms with van der Waals surface area (Å²) in [7, 11) is 0. The standard InChI is InChI=1S/C17H19F3N2O2/c18-17(19,20)12-5-2-1-4-11(12)10-15(24)21-13-6-7-14(23)22-16(13)8-3-9-16/h1-2,4-5,13H,3,6-10H2,(H,21,24)(H,22,23). The SMILES string of the molecule is O=C(Cc1ccccc1C(F)(F)F)NC1CCC(=O)NC12CCC2. The molecule has 2 fully saturated rings. The number of carbonyl (C=O) groups is 2. The molecule has 2 aliphatic rings. The zero-order chi connectivity index (χ0) is 17.4. The summed E-state index contributed by atoms with van der Waals surface area (Å²) in [5, 5.41) is 5.79. The minimum absolute atomic E-state index is 0.0254. The van der Waals surface area contributed by atoms with Crippen LogP contribution in [0.4, 0.5) is 13.2 Å². The molecular formula is C17H19F3N2O2. The average molecular weight is 340 g/mol. The van der Waals surface area contributed by atoms with Crippen molar-refractivity contribution in [3.05, 3.63) is 35.4 Å². The second-order valence-electron chi connectivity index (χ2n) is 6.55. The summed E-state index contributed by atoms with van der Waals surface area (Å²) < 4.78 is 39.0. The Morgan fingerprint density at radius 1 is 1.29 bits per heavy atom. The quantitative estimate of drug-likeness (QED) is 0.888. The molecule has 1 aromatic rings. The number of piperidine rings is 1. The van der Waals surface area contributed by atoms with Crippen molar-refractivity contribution in [2.75, 3.05) is 0 Å². The molecule has 2 N–H and O–H groups in total. The lowest BCUT2D eigenvalue weighted by molar-refractivity contribution is -0.138. The van der Waals surface area contributed by atoms with Gasteiger partial charge in [0.05, 0.1) is 23.6 Å². The molecule has 1 unspecified atom stereocenters. The van der Waals surface area contributed by atoms with Gasteiger partial charge in [-0.25, -0.2) is 0 Å². The van der Waals surface area contributed by atoms with Crippen molar-refractivity contribution < 1.29 is 22.8 Å². The van der Waals surface area contributed by atoms with E-state index < -0.39 is 23.2 Å². The first-order valence-corrected chi connectivity index (χ1v) is 8.06. The maximum atomic E-state index is 13.0.